The second-order valence-corrected chi connectivity index (χ2v) is 7.81. The minimum atomic E-state index is -0.374. The van der Waals surface area contributed by atoms with E-state index in [1.165, 1.54) is 6.42 Å². The highest BCUT2D eigenvalue weighted by molar-refractivity contribution is 5.84. The third kappa shape index (κ3) is 2.55. The van der Waals surface area contributed by atoms with Gasteiger partial charge >= 0.3 is 11.9 Å². The number of Topliss-reactive ketones (excluding diaryl/α,β-unsaturated/α-hetero) is 1. The lowest BCUT2D eigenvalue weighted by atomic mass is 9.72. The van der Waals surface area contributed by atoms with E-state index in [0.29, 0.717) is 13.2 Å². The number of carbonyl (C=O) groups excluding carboxylic acids is 3. The summed E-state index contributed by atoms with van der Waals surface area (Å²) in [7, 11) is 0. The third-order valence-corrected chi connectivity index (χ3v) is 6.48. The van der Waals surface area contributed by atoms with Crippen LogP contribution in [-0.4, -0.2) is 55.0 Å². The molecule has 4 fully saturated rings. The maximum Gasteiger partial charge on any atom is 0.320 e. The van der Waals surface area contributed by atoms with Crippen molar-refractivity contribution in [2.45, 2.75) is 38.7 Å². The molecule has 0 amide bonds. The molecule has 6 nitrogen and oxygen atoms in total. The monoisotopic (exact) mass is 335 g/mol. The number of rotatable bonds is 4. The Morgan fingerprint density at radius 1 is 1.17 bits per heavy atom. The Labute approximate surface area is 141 Å². The molecule has 0 N–H and O–H groups in total. The van der Waals surface area contributed by atoms with Crippen LogP contribution in [0.25, 0.3) is 0 Å². The molecule has 0 radical (unpaired) electrons. The van der Waals surface area contributed by atoms with Crippen molar-refractivity contribution in [2.24, 2.45) is 29.6 Å². The summed E-state index contributed by atoms with van der Waals surface area (Å²) in [6.45, 7) is 4.15. The smallest absolute Gasteiger partial charge is 0.320 e. The summed E-state index contributed by atoms with van der Waals surface area (Å²) >= 11 is 0. The Balaban J connectivity index is 1.45. The standard InChI is InChI=1S/C18H25NO5/c1-10(20)15-12-7-11(13-9-23-18(22)16(12)13)17(15)24-14(21)8-19-5-3-2-4-6-19/h11-13,15-17H,2-9H2,1H3. The number of esters is 2. The number of cyclic esters (lactones) is 1. The quantitative estimate of drug-likeness (QED) is 0.715. The van der Waals surface area contributed by atoms with Gasteiger partial charge < -0.3 is 9.47 Å². The van der Waals surface area contributed by atoms with Gasteiger partial charge in [0, 0.05) is 11.8 Å². The summed E-state index contributed by atoms with van der Waals surface area (Å²) in [6.07, 6.45) is 3.90. The van der Waals surface area contributed by atoms with Crippen LogP contribution in [-0.2, 0) is 23.9 Å². The van der Waals surface area contributed by atoms with Crippen molar-refractivity contribution in [1.29, 1.82) is 0 Å². The van der Waals surface area contributed by atoms with Crippen molar-refractivity contribution in [2.75, 3.05) is 26.2 Å². The Hall–Kier alpha value is -1.43. The van der Waals surface area contributed by atoms with Gasteiger partial charge in [-0.1, -0.05) is 6.42 Å². The number of likely N-dealkylation sites (tertiary alicyclic amines) is 1. The van der Waals surface area contributed by atoms with E-state index in [0.717, 1.165) is 32.4 Å². The van der Waals surface area contributed by atoms with Crippen molar-refractivity contribution in [3.05, 3.63) is 0 Å². The lowest BCUT2D eigenvalue weighted by Crippen LogP contribution is -2.45. The van der Waals surface area contributed by atoms with Crippen molar-refractivity contribution >= 4 is 17.7 Å². The molecule has 6 unspecified atom stereocenters. The number of nitrogens with zero attached hydrogens (tertiary/aromatic N) is 1. The average molecular weight is 335 g/mol. The summed E-state index contributed by atoms with van der Waals surface area (Å²) < 4.78 is 11.0. The molecule has 4 aliphatic rings. The molecule has 4 rings (SSSR count). The third-order valence-electron chi connectivity index (χ3n) is 6.48. The predicted octanol–water partition coefficient (Wildman–Crippen LogP) is 1.03. The van der Waals surface area contributed by atoms with Crippen LogP contribution in [0.1, 0.15) is 32.6 Å². The molecule has 0 spiro atoms. The molecule has 0 aromatic rings. The van der Waals surface area contributed by atoms with Gasteiger partial charge in [0.15, 0.2) is 0 Å². The Morgan fingerprint density at radius 2 is 1.92 bits per heavy atom. The molecule has 2 aliphatic carbocycles. The van der Waals surface area contributed by atoms with E-state index < -0.39 is 0 Å². The maximum absolute atomic E-state index is 12.4. The van der Waals surface area contributed by atoms with E-state index in [-0.39, 0.29) is 53.4 Å². The first-order valence-corrected chi connectivity index (χ1v) is 9.15. The Kier molecular flexibility index (Phi) is 4.11. The maximum atomic E-state index is 12.4. The fourth-order valence-electron chi connectivity index (χ4n) is 5.51. The van der Waals surface area contributed by atoms with Crippen molar-refractivity contribution < 1.29 is 23.9 Å². The zero-order valence-corrected chi connectivity index (χ0v) is 14.1. The summed E-state index contributed by atoms with van der Waals surface area (Å²) in [5, 5.41) is 0. The largest absolute Gasteiger partial charge is 0.465 e. The van der Waals surface area contributed by atoms with Gasteiger partial charge in [-0.25, -0.2) is 0 Å². The molecule has 0 aromatic heterocycles. The molecular formula is C18H25NO5. The van der Waals surface area contributed by atoms with E-state index in [1.54, 1.807) is 6.92 Å². The number of fused-ring (bicyclic) bond motifs is 5. The summed E-state index contributed by atoms with van der Waals surface area (Å²) in [6, 6.07) is 0. The molecule has 0 aromatic carbocycles. The molecule has 2 saturated heterocycles. The summed E-state index contributed by atoms with van der Waals surface area (Å²) in [4.78, 5) is 38.6. The van der Waals surface area contributed by atoms with Gasteiger partial charge in [0.1, 0.15) is 11.9 Å². The van der Waals surface area contributed by atoms with Crippen molar-refractivity contribution in [3.8, 4) is 0 Å². The van der Waals surface area contributed by atoms with Crippen LogP contribution in [0.5, 0.6) is 0 Å². The van der Waals surface area contributed by atoms with Gasteiger partial charge in [-0.2, -0.15) is 0 Å². The van der Waals surface area contributed by atoms with Gasteiger partial charge in [-0.05, 0) is 45.2 Å². The number of hydrogen-bond acceptors (Lipinski definition) is 6. The van der Waals surface area contributed by atoms with Crippen molar-refractivity contribution in [3.63, 3.8) is 0 Å². The Bertz CT molecular complexity index is 556. The molecule has 2 saturated carbocycles. The van der Waals surface area contributed by atoms with E-state index in [4.69, 9.17) is 9.47 Å². The number of ketones is 1. The van der Waals surface area contributed by atoms with Crippen LogP contribution in [0.4, 0.5) is 0 Å². The summed E-state index contributed by atoms with van der Waals surface area (Å²) in [5.74, 6) is -0.694. The summed E-state index contributed by atoms with van der Waals surface area (Å²) in [5.41, 5.74) is 0. The van der Waals surface area contributed by atoms with E-state index >= 15 is 0 Å². The zero-order chi connectivity index (χ0) is 16.8. The highest BCUT2D eigenvalue weighted by Crippen LogP contribution is 2.58. The van der Waals surface area contributed by atoms with Gasteiger partial charge in [0.25, 0.3) is 0 Å². The lowest BCUT2D eigenvalue weighted by Gasteiger charge is -2.35. The number of ether oxygens (including phenoxy) is 2. The van der Waals surface area contributed by atoms with E-state index in [9.17, 15) is 14.4 Å². The Morgan fingerprint density at radius 3 is 2.62 bits per heavy atom. The molecule has 132 valence electrons. The van der Waals surface area contributed by atoms with Gasteiger partial charge in [-0.15, -0.1) is 0 Å². The normalized spacial score (nSPS) is 41.1. The second kappa shape index (κ2) is 6.14. The first-order valence-electron chi connectivity index (χ1n) is 9.15. The number of carbonyl (C=O) groups is 3. The number of piperidine rings is 1. The van der Waals surface area contributed by atoms with Crippen molar-refractivity contribution in [1.82, 2.24) is 4.90 Å². The SMILES string of the molecule is CC(=O)C1C2CC(C3COC(=O)C32)C1OC(=O)CN1CCCCC1. The molecule has 2 bridgehead atoms. The molecule has 2 heterocycles. The molecule has 6 atom stereocenters. The van der Waals surface area contributed by atoms with Crippen LogP contribution in [0.2, 0.25) is 0 Å². The highest BCUT2D eigenvalue weighted by Gasteiger charge is 2.65. The van der Waals surface area contributed by atoms with Crippen LogP contribution in [0.3, 0.4) is 0 Å². The minimum absolute atomic E-state index is 0.0136. The molecule has 24 heavy (non-hydrogen) atoms. The fourth-order valence-corrected chi connectivity index (χ4v) is 5.51. The fraction of sp³-hybridized carbons (Fsp3) is 0.833. The van der Waals surface area contributed by atoms with E-state index in [2.05, 4.69) is 4.90 Å². The van der Waals surface area contributed by atoms with Crippen LogP contribution < -0.4 is 0 Å². The first-order chi connectivity index (χ1) is 11.6. The zero-order valence-electron chi connectivity index (χ0n) is 14.1. The molecule has 6 heteroatoms. The van der Waals surface area contributed by atoms with Gasteiger partial charge in [0.2, 0.25) is 0 Å². The molecule has 2 aliphatic heterocycles. The first kappa shape index (κ1) is 16.1. The molecular weight excluding hydrogens is 310 g/mol. The predicted molar refractivity (Wildman–Crippen MR) is 83.9 cm³/mol. The highest BCUT2D eigenvalue weighted by atomic mass is 16.6. The van der Waals surface area contributed by atoms with Crippen LogP contribution >= 0.6 is 0 Å². The van der Waals surface area contributed by atoms with Gasteiger partial charge in [-0.3, -0.25) is 19.3 Å². The van der Waals surface area contributed by atoms with E-state index in [1.807, 2.05) is 0 Å². The average Bonchev–Trinajstić information content (AvgIpc) is 3.20. The lowest BCUT2D eigenvalue weighted by molar-refractivity contribution is -0.160. The van der Waals surface area contributed by atoms with Crippen LogP contribution in [0.15, 0.2) is 0 Å². The topological polar surface area (TPSA) is 72.9 Å². The minimum Gasteiger partial charge on any atom is -0.465 e. The van der Waals surface area contributed by atoms with Crippen LogP contribution in [0, 0.1) is 29.6 Å². The van der Waals surface area contributed by atoms with Gasteiger partial charge in [0.05, 0.1) is 25.0 Å². The number of hydrogen-bond donors (Lipinski definition) is 0. The second-order valence-electron chi connectivity index (χ2n) is 7.81.